The number of methoxy groups -OCH3 is 2. The van der Waals surface area contributed by atoms with E-state index in [4.69, 9.17) is 9.47 Å². The Kier molecular flexibility index (Phi) is 6.65. The van der Waals surface area contributed by atoms with Crippen LogP contribution in [0.3, 0.4) is 0 Å². The van der Waals surface area contributed by atoms with Crippen molar-refractivity contribution in [1.82, 2.24) is 25.3 Å². The lowest BCUT2D eigenvalue weighted by Gasteiger charge is -2.17. The van der Waals surface area contributed by atoms with Gasteiger partial charge in [-0.2, -0.15) is 0 Å². The average Bonchev–Trinajstić information content (AvgIpc) is 3.34. The maximum absolute atomic E-state index is 14.4. The summed E-state index contributed by atoms with van der Waals surface area (Å²) in [5.41, 5.74) is 3.44. The molecule has 10 heteroatoms. The molecule has 3 N–H and O–H groups in total. The molecule has 1 unspecified atom stereocenters. The Morgan fingerprint density at radius 3 is 2.76 bits per heavy atom. The molecule has 0 bridgehead atoms. The SMILES string of the molecule is COc1ccc2nc(-c3ccc(OC)c(F)c3)nc(C(=O)NC(CO)Cc3c[nH]c4cccnc34)c2c1. The van der Waals surface area contributed by atoms with Crippen LogP contribution in [0.2, 0.25) is 0 Å². The number of ether oxygens (including phenoxy) is 2. The Morgan fingerprint density at radius 1 is 1.14 bits per heavy atom. The molecule has 5 rings (SSSR count). The number of H-pyrrole nitrogens is 1. The monoisotopic (exact) mass is 501 g/mol. The molecule has 9 nitrogen and oxygen atoms in total. The first-order valence-electron chi connectivity index (χ1n) is 11.5. The fourth-order valence-corrected chi connectivity index (χ4v) is 4.19. The molecule has 188 valence electrons. The lowest BCUT2D eigenvalue weighted by Crippen LogP contribution is -2.39. The molecule has 3 aromatic heterocycles. The first-order valence-corrected chi connectivity index (χ1v) is 11.5. The van der Waals surface area contributed by atoms with Crippen LogP contribution in [0.25, 0.3) is 33.3 Å². The standard InChI is InChI=1S/C27H24FN5O4/c1-36-18-6-7-21-19(12-18)25(33-26(32-21)15-5-8-23(37-2)20(28)11-15)27(35)31-17(14-34)10-16-13-30-22-4-3-9-29-24(16)22/h3-9,11-13,17,30,34H,10,14H2,1-2H3,(H,31,35). The Morgan fingerprint density at radius 2 is 2.00 bits per heavy atom. The highest BCUT2D eigenvalue weighted by Crippen LogP contribution is 2.28. The van der Waals surface area contributed by atoms with Gasteiger partial charge in [0.2, 0.25) is 0 Å². The maximum Gasteiger partial charge on any atom is 0.270 e. The minimum Gasteiger partial charge on any atom is -0.497 e. The Bertz CT molecular complexity index is 1600. The number of aromatic nitrogens is 4. The third-order valence-electron chi connectivity index (χ3n) is 6.06. The van der Waals surface area contributed by atoms with Gasteiger partial charge in [-0.1, -0.05) is 0 Å². The van der Waals surface area contributed by atoms with Crippen LogP contribution in [-0.4, -0.2) is 57.8 Å². The number of rotatable bonds is 8. The first-order chi connectivity index (χ1) is 18.0. The molecule has 37 heavy (non-hydrogen) atoms. The van der Waals surface area contributed by atoms with E-state index in [-0.39, 0.29) is 23.9 Å². The van der Waals surface area contributed by atoms with Crippen molar-refractivity contribution in [2.75, 3.05) is 20.8 Å². The average molecular weight is 502 g/mol. The molecule has 0 saturated heterocycles. The number of carbonyl (C=O) groups excluding carboxylic acids is 1. The fourth-order valence-electron chi connectivity index (χ4n) is 4.19. The summed E-state index contributed by atoms with van der Waals surface area (Å²) in [6, 6.07) is 12.6. The highest BCUT2D eigenvalue weighted by atomic mass is 19.1. The van der Waals surface area contributed by atoms with Gasteiger partial charge in [-0.3, -0.25) is 9.78 Å². The van der Waals surface area contributed by atoms with E-state index >= 15 is 0 Å². The number of fused-ring (bicyclic) bond motifs is 2. The molecule has 0 aliphatic rings. The van der Waals surface area contributed by atoms with E-state index in [0.29, 0.717) is 28.6 Å². The number of nitrogens with zero attached hydrogens (tertiary/aromatic N) is 3. The van der Waals surface area contributed by atoms with Crippen molar-refractivity contribution >= 4 is 27.8 Å². The summed E-state index contributed by atoms with van der Waals surface area (Å²) in [4.78, 5) is 30.1. The summed E-state index contributed by atoms with van der Waals surface area (Å²) in [7, 11) is 2.90. The number of aliphatic hydroxyl groups excluding tert-OH is 1. The molecule has 0 saturated carbocycles. The lowest BCUT2D eigenvalue weighted by atomic mass is 10.1. The Labute approximate surface area is 211 Å². The molecule has 0 radical (unpaired) electrons. The predicted molar refractivity (Wildman–Crippen MR) is 136 cm³/mol. The van der Waals surface area contributed by atoms with Crippen molar-refractivity contribution in [3.8, 4) is 22.9 Å². The van der Waals surface area contributed by atoms with Gasteiger partial charge in [0.25, 0.3) is 5.91 Å². The zero-order valence-corrected chi connectivity index (χ0v) is 20.2. The molecule has 1 amide bonds. The van der Waals surface area contributed by atoms with Crippen LogP contribution in [0.15, 0.2) is 60.9 Å². The minimum absolute atomic E-state index is 0.0747. The zero-order valence-electron chi connectivity index (χ0n) is 20.2. The van der Waals surface area contributed by atoms with E-state index < -0.39 is 17.8 Å². The van der Waals surface area contributed by atoms with E-state index in [9.17, 15) is 14.3 Å². The summed E-state index contributed by atoms with van der Waals surface area (Å²) < 4.78 is 24.7. The van der Waals surface area contributed by atoms with Crippen LogP contribution in [0.4, 0.5) is 4.39 Å². The number of aliphatic hydroxyl groups is 1. The first kappa shape index (κ1) is 24.1. The highest BCUT2D eigenvalue weighted by molar-refractivity contribution is 6.05. The van der Waals surface area contributed by atoms with Crippen molar-refractivity contribution in [3.63, 3.8) is 0 Å². The zero-order chi connectivity index (χ0) is 25.9. The largest absolute Gasteiger partial charge is 0.497 e. The normalized spacial score (nSPS) is 12.0. The summed E-state index contributed by atoms with van der Waals surface area (Å²) >= 11 is 0. The number of hydrogen-bond acceptors (Lipinski definition) is 7. The van der Waals surface area contributed by atoms with Gasteiger partial charge in [0.1, 0.15) is 11.4 Å². The second-order valence-corrected chi connectivity index (χ2v) is 8.40. The molecule has 2 aromatic carbocycles. The number of nitrogens with one attached hydrogen (secondary N) is 2. The van der Waals surface area contributed by atoms with Crippen LogP contribution < -0.4 is 14.8 Å². The summed E-state index contributed by atoms with van der Waals surface area (Å²) in [5, 5.41) is 13.4. The van der Waals surface area contributed by atoms with E-state index in [1.807, 2.05) is 18.3 Å². The molecule has 0 aliphatic heterocycles. The fraction of sp³-hybridized carbons (Fsp3) is 0.185. The topological polar surface area (TPSA) is 122 Å². The van der Waals surface area contributed by atoms with Crippen LogP contribution in [-0.2, 0) is 6.42 Å². The van der Waals surface area contributed by atoms with E-state index in [2.05, 4.69) is 25.3 Å². The van der Waals surface area contributed by atoms with Crippen molar-refractivity contribution in [1.29, 1.82) is 0 Å². The number of benzene rings is 2. The second-order valence-electron chi connectivity index (χ2n) is 8.40. The van der Waals surface area contributed by atoms with Crippen molar-refractivity contribution in [3.05, 3.63) is 78.0 Å². The predicted octanol–water partition coefficient (Wildman–Crippen LogP) is 3.66. The molecule has 5 aromatic rings. The van der Waals surface area contributed by atoms with Gasteiger partial charge in [-0.25, -0.2) is 14.4 Å². The van der Waals surface area contributed by atoms with Gasteiger partial charge in [0.15, 0.2) is 17.4 Å². The third-order valence-corrected chi connectivity index (χ3v) is 6.06. The number of carbonyl (C=O) groups is 1. The number of amides is 1. The van der Waals surface area contributed by atoms with Gasteiger partial charge < -0.3 is 24.9 Å². The number of halogens is 1. The summed E-state index contributed by atoms with van der Waals surface area (Å²) in [6.45, 7) is -0.297. The third kappa shape index (κ3) is 4.78. The minimum atomic E-state index is -0.606. The highest BCUT2D eigenvalue weighted by Gasteiger charge is 2.21. The smallest absolute Gasteiger partial charge is 0.270 e. The van der Waals surface area contributed by atoms with Crippen molar-refractivity contribution in [2.24, 2.45) is 0 Å². The molecular weight excluding hydrogens is 477 g/mol. The summed E-state index contributed by atoms with van der Waals surface area (Å²) in [5.74, 6) is -0.299. The Hall–Kier alpha value is -4.57. The summed E-state index contributed by atoms with van der Waals surface area (Å²) in [6.07, 6.45) is 3.85. The maximum atomic E-state index is 14.4. The molecule has 3 heterocycles. The van der Waals surface area contributed by atoms with Crippen LogP contribution in [0.1, 0.15) is 16.1 Å². The quantitative estimate of drug-likeness (QED) is 0.297. The molecule has 0 spiro atoms. The van der Waals surface area contributed by atoms with Crippen LogP contribution in [0, 0.1) is 5.82 Å². The molecular formula is C27H24FN5O4. The number of hydrogen-bond donors (Lipinski definition) is 3. The van der Waals surface area contributed by atoms with Crippen molar-refractivity contribution < 1.29 is 23.8 Å². The lowest BCUT2D eigenvalue weighted by molar-refractivity contribution is 0.0913. The molecule has 1 atom stereocenters. The van der Waals surface area contributed by atoms with Gasteiger partial charge in [0, 0.05) is 23.3 Å². The van der Waals surface area contributed by atoms with E-state index in [1.54, 1.807) is 30.5 Å². The van der Waals surface area contributed by atoms with Crippen molar-refractivity contribution in [2.45, 2.75) is 12.5 Å². The van der Waals surface area contributed by atoms with Crippen LogP contribution >= 0.6 is 0 Å². The van der Waals surface area contributed by atoms with Gasteiger partial charge in [-0.15, -0.1) is 0 Å². The van der Waals surface area contributed by atoms with Crippen LogP contribution in [0.5, 0.6) is 11.5 Å². The van der Waals surface area contributed by atoms with Gasteiger partial charge in [0.05, 0.1) is 43.4 Å². The van der Waals surface area contributed by atoms with E-state index in [0.717, 1.165) is 16.6 Å². The van der Waals surface area contributed by atoms with Gasteiger partial charge >= 0.3 is 0 Å². The Balaban J connectivity index is 1.51. The number of aromatic amines is 1. The van der Waals surface area contributed by atoms with Gasteiger partial charge in [-0.05, 0) is 60.5 Å². The number of pyridine rings is 1. The second kappa shape index (κ2) is 10.2. The van der Waals surface area contributed by atoms with E-state index in [1.165, 1.54) is 26.4 Å². The molecule has 0 aliphatic carbocycles. The molecule has 0 fully saturated rings.